The van der Waals surface area contributed by atoms with Gasteiger partial charge in [0.1, 0.15) is 0 Å². The van der Waals surface area contributed by atoms with Gasteiger partial charge in [-0.3, -0.25) is 0 Å². The Bertz CT molecular complexity index is 117. The molecule has 0 unspecified atom stereocenters. The summed E-state index contributed by atoms with van der Waals surface area (Å²) < 4.78 is 10.8. The van der Waals surface area contributed by atoms with Gasteiger partial charge in [0.05, 0.1) is 0 Å². The van der Waals surface area contributed by atoms with Gasteiger partial charge in [-0.05, 0) is 12.8 Å². The van der Waals surface area contributed by atoms with Crippen LogP contribution in [0.3, 0.4) is 0 Å². The molecule has 0 radical (unpaired) electrons. The van der Waals surface area contributed by atoms with Crippen molar-refractivity contribution in [1.29, 1.82) is 0 Å². The Morgan fingerprint density at radius 3 is 1.41 bits per heavy atom. The van der Waals surface area contributed by atoms with Gasteiger partial charge in [-0.2, -0.15) is 0 Å². The van der Waals surface area contributed by atoms with Crippen molar-refractivity contribution >= 4 is 7.69 Å². The number of unbranched alkanes of at least 4 members (excludes halogenated alkanes) is 8. The zero-order valence-corrected chi connectivity index (χ0v) is 12.0. The summed E-state index contributed by atoms with van der Waals surface area (Å²) in [5, 5.41) is 0. The fourth-order valence-electron chi connectivity index (χ4n) is 1.79. The maximum absolute atomic E-state index is 5.42. The second kappa shape index (κ2) is 16.0. The van der Waals surface area contributed by atoms with Crippen molar-refractivity contribution in [2.24, 2.45) is 0 Å². The molecule has 0 atom stereocenters. The first-order chi connectivity index (χ1) is 8.41. The number of hydrogen-bond acceptors (Lipinski definition) is 2. The van der Waals surface area contributed by atoms with Gasteiger partial charge < -0.3 is 9.31 Å². The SMILES string of the molecule is CCCCCCCOBOCCCCCCC. The summed E-state index contributed by atoms with van der Waals surface area (Å²) >= 11 is 0. The summed E-state index contributed by atoms with van der Waals surface area (Å²) in [4.78, 5) is 0. The minimum Gasteiger partial charge on any atom is -0.414 e. The first kappa shape index (κ1) is 17.0. The van der Waals surface area contributed by atoms with E-state index in [9.17, 15) is 0 Å². The van der Waals surface area contributed by atoms with Gasteiger partial charge in [0, 0.05) is 13.2 Å². The second-order valence-corrected chi connectivity index (χ2v) is 4.76. The third kappa shape index (κ3) is 16.0. The third-order valence-electron chi connectivity index (χ3n) is 2.95. The van der Waals surface area contributed by atoms with E-state index in [4.69, 9.17) is 9.31 Å². The maximum Gasteiger partial charge on any atom is 0.438 e. The molecule has 0 aromatic heterocycles. The average molecular weight is 242 g/mol. The van der Waals surface area contributed by atoms with Crippen LogP contribution in [0.25, 0.3) is 0 Å². The molecule has 3 heteroatoms. The molecule has 0 heterocycles. The summed E-state index contributed by atoms with van der Waals surface area (Å²) in [5.74, 6) is 0. The Morgan fingerprint density at radius 2 is 1.00 bits per heavy atom. The largest absolute Gasteiger partial charge is 0.438 e. The van der Waals surface area contributed by atoms with Crippen LogP contribution in [0.2, 0.25) is 0 Å². The van der Waals surface area contributed by atoms with Gasteiger partial charge in [-0.15, -0.1) is 0 Å². The van der Waals surface area contributed by atoms with Gasteiger partial charge >= 0.3 is 7.69 Å². The summed E-state index contributed by atoms with van der Waals surface area (Å²) in [7, 11) is 0.488. The molecule has 0 aromatic rings. The molecule has 0 aliphatic rings. The highest BCUT2D eigenvalue weighted by molar-refractivity contribution is 6.17. The quantitative estimate of drug-likeness (QED) is 0.335. The summed E-state index contributed by atoms with van der Waals surface area (Å²) in [6.45, 7) is 6.20. The monoisotopic (exact) mass is 242 g/mol. The van der Waals surface area contributed by atoms with Crippen LogP contribution in [0.15, 0.2) is 0 Å². The van der Waals surface area contributed by atoms with Crippen molar-refractivity contribution < 1.29 is 9.31 Å². The van der Waals surface area contributed by atoms with E-state index in [0.717, 1.165) is 13.2 Å². The lowest BCUT2D eigenvalue weighted by atomic mass is 10.1. The molecule has 0 spiro atoms. The molecule has 0 aromatic carbocycles. The zero-order chi connectivity index (χ0) is 12.6. The molecule has 2 nitrogen and oxygen atoms in total. The number of hydrogen-bond donors (Lipinski definition) is 0. The fourth-order valence-corrected chi connectivity index (χ4v) is 1.79. The van der Waals surface area contributed by atoms with Gasteiger partial charge in [0.25, 0.3) is 0 Å². The van der Waals surface area contributed by atoms with E-state index in [2.05, 4.69) is 13.8 Å². The molecule has 0 bridgehead atoms. The molecule has 0 saturated carbocycles. The van der Waals surface area contributed by atoms with Crippen molar-refractivity contribution in [3.63, 3.8) is 0 Å². The highest BCUT2D eigenvalue weighted by Gasteiger charge is 1.94. The Labute approximate surface area is 109 Å². The maximum atomic E-state index is 5.42. The lowest BCUT2D eigenvalue weighted by Crippen LogP contribution is -2.07. The van der Waals surface area contributed by atoms with Crippen molar-refractivity contribution in [2.45, 2.75) is 78.1 Å². The minimum atomic E-state index is 0.488. The fraction of sp³-hybridized carbons (Fsp3) is 1.00. The molecule has 0 aliphatic carbocycles. The molecule has 0 fully saturated rings. The van der Waals surface area contributed by atoms with Crippen LogP contribution in [-0.2, 0) is 9.31 Å². The van der Waals surface area contributed by atoms with E-state index in [1.165, 1.54) is 64.2 Å². The molecule has 0 amide bonds. The molecule has 0 rings (SSSR count). The summed E-state index contributed by atoms with van der Waals surface area (Å²) in [6.07, 6.45) is 13.0. The second-order valence-electron chi connectivity index (χ2n) is 4.76. The van der Waals surface area contributed by atoms with E-state index in [-0.39, 0.29) is 0 Å². The average Bonchev–Trinajstić information content (AvgIpc) is 2.35. The summed E-state index contributed by atoms with van der Waals surface area (Å²) in [5.41, 5.74) is 0. The van der Waals surface area contributed by atoms with E-state index < -0.39 is 0 Å². The Morgan fingerprint density at radius 1 is 0.588 bits per heavy atom. The third-order valence-corrected chi connectivity index (χ3v) is 2.95. The van der Waals surface area contributed by atoms with Gasteiger partial charge in [0.15, 0.2) is 0 Å². The van der Waals surface area contributed by atoms with Crippen molar-refractivity contribution in [2.75, 3.05) is 13.2 Å². The highest BCUT2D eigenvalue weighted by atomic mass is 16.6. The van der Waals surface area contributed by atoms with E-state index in [1.807, 2.05) is 0 Å². The number of rotatable bonds is 14. The Kier molecular flexibility index (Phi) is 16.0. The predicted octanol–water partition coefficient (Wildman–Crippen LogP) is 4.23. The van der Waals surface area contributed by atoms with Gasteiger partial charge in [-0.25, -0.2) is 0 Å². The van der Waals surface area contributed by atoms with E-state index in [1.54, 1.807) is 0 Å². The van der Waals surface area contributed by atoms with Crippen molar-refractivity contribution in [1.82, 2.24) is 0 Å². The molecule has 17 heavy (non-hydrogen) atoms. The van der Waals surface area contributed by atoms with Crippen LogP contribution in [0.4, 0.5) is 0 Å². The standard InChI is InChI=1S/C14H31BO2/c1-3-5-7-9-11-13-16-15-17-14-12-10-8-6-4-2/h15H,3-14H2,1-2H3. The Balaban J connectivity index is 2.85. The van der Waals surface area contributed by atoms with Gasteiger partial charge in [0.2, 0.25) is 0 Å². The van der Waals surface area contributed by atoms with Crippen LogP contribution in [0.1, 0.15) is 78.1 Å². The van der Waals surface area contributed by atoms with E-state index in [0.29, 0.717) is 7.69 Å². The molecular formula is C14H31BO2. The van der Waals surface area contributed by atoms with Crippen LogP contribution in [0, 0.1) is 0 Å². The zero-order valence-electron chi connectivity index (χ0n) is 12.0. The normalized spacial score (nSPS) is 10.7. The lowest BCUT2D eigenvalue weighted by Gasteiger charge is -2.04. The van der Waals surface area contributed by atoms with E-state index >= 15 is 0 Å². The minimum absolute atomic E-state index is 0.488. The predicted molar refractivity (Wildman–Crippen MR) is 76.6 cm³/mol. The van der Waals surface area contributed by atoms with Crippen LogP contribution >= 0.6 is 0 Å². The topological polar surface area (TPSA) is 18.5 Å². The molecular weight excluding hydrogens is 211 g/mol. The smallest absolute Gasteiger partial charge is 0.414 e. The van der Waals surface area contributed by atoms with Crippen LogP contribution in [0.5, 0.6) is 0 Å². The molecule has 102 valence electrons. The molecule has 0 saturated heterocycles. The first-order valence-corrected chi connectivity index (χ1v) is 7.57. The molecule has 0 aliphatic heterocycles. The molecule has 0 N–H and O–H groups in total. The van der Waals surface area contributed by atoms with Gasteiger partial charge in [-0.1, -0.05) is 65.2 Å². The first-order valence-electron chi connectivity index (χ1n) is 7.57. The van der Waals surface area contributed by atoms with Crippen LogP contribution < -0.4 is 0 Å². The van der Waals surface area contributed by atoms with Crippen molar-refractivity contribution in [3.8, 4) is 0 Å². The highest BCUT2D eigenvalue weighted by Crippen LogP contribution is 2.03. The van der Waals surface area contributed by atoms with Crippen molar-refractivity contribution in [3.05, 3.63) is 0 Å². The lowest BCUT2D eigenvalue weighted by molar-refractivity contribution is 0.213. The Hall–Kier alpha value is -0.0151. The van der Waals surface area contributed by atoms with Crippen LogP contribution in [-0.4, -0.2) is 20.9 Å². The summed E-state index contributed by atoms with van der Waals surface area (Å²) in [6, 6.07) is 0.